The molecule has 0 unspecified atom stereocenters. The third-order valence-corrected chi connectivity index (χ3v) is 6.45. The lowest BCUT2D eigenvalue weighted by Gasteiger charge is -2.13. The van der Waals surface area contributed by atoms with Crippen LogP contribution in [-0.4, -0.2) is 9.55 Å². The average Bonchev–Trinajstić information content (AvgIpc) is 3.20. The molecule has 2 aromatic heterocycles. The zero-order valence-electron chi connectivity index (χ0n) is 16.8. The van der Waals surface area contributed by atoms with Gasteiger partial charge in [-0.3, -0.25) is 4.98 Å². The van der Waals surface area contributed by atoms with Gasteiger partial charge < -0.3 is 4.57 Å². The van der Waals surface area contributed by atoms with Gasteiger partial charge in [0.15, 0.2) is 0 Å². The fourth-order valence-corrected chi connectivity index (χ4v) is 5.20. The minimum Gasteiger partial charge on any atom is -0.308 e. The van der Waals surface area contributed by atoms with E-state index in [1.54, 1.807) is 0 Å². The molecule has 7 aromatic rings. The molecule has 0 aliphatic carbocycles. The molecule has 0 aliphatic heterocycles. The summed E-state index contributed by atoms with van der Waals surface area (Å²) in [5.41, 5.74) is 3.60. The van der Waals surface area contributed by atoms with Crippen LogP contribution in [0, 0.1) is 0 Å². The quantitative estimate of drug-likeness (QED) is 0.262. The maximum atomic E-state index is 4.26. The van der Waals surface area contributed by atoms with Crippen LogP contribution in [0.15, 0.2) is 109 Å². The number of benzene rings is 5. The molecule has 0 bridgehead atoms. The number of hydrogen-bond donors (Lipinski definition) is 0. The summed E-state index contributed by atoms with van der Waals surface area (Å²) in [6, 6.07) is 35.0. The highest BCUT2D eigenvalue weighted by Gasteiger charge is 2.19. The van der Waals surface area contributed by atoms with Crippen LogP contribution in [0.5, 0.6) is 0 Å². The minimum atomic E-state index is 1.13. The lowest BCUT2D eigenvalue weighted by molar-refractivity contribution is 1.16. The molecule has 2 heterocycles. The number of para-hydroxylation sites is 1. The van der Waals surface area contributed by atoms with Gasteiger partial charge in [-0.15, -0.1) is 0 Å². The van der Waals surface area contributed by atoms with Crippen molar-refractivity contribution >= 4 is 54.1 Å². The van der Waals surface area contributed by atoms with Crippen LogP contribution >= 0.6 is 0 Å². The van der Waals surface area contributed by atoms with E-state index in [4.69, 9.17) is 0 Å². The molecule has 0 amide bonds. The van der Waals surface area contributed by atoms with Crippen molar-refractivity contribution in [3.63, 3.8) is 0 Å². The number of pyridine rings is 1. The van der Waals surface area contributed by atoms with Gasteiger partial charge in [0.1, 0.15) is 0 Å². The second-order valence-corrected chi connectivity index (χ2v) is 8.04. The van der Waals surface area contributed by atoms with E-state index in [0.29, 0.717) is 0 Å². The Morgan fingerprint density at radius 3 is 2.00 bits per heavy atom. The highest BCUT2D eigenvalue weighted by molar-refractivity contribution is 6.36. The summed E-state index contributed by atoms with van der Waals surface area (Å²) in [4.78, 5) is 4.26. The summed E-state index contributed by atoms with van der Waals surface area (Å²) in [5.74, 6) is 0. The van der Waals surface area contributed by atoms with E-state index in [9.17, 15) is 0 Å². The van der Waals surface area contributed by atoms with E-state index in [1.165, 1.54) is 54.1 Å². The number of nitrogens with zero attached hydrogens (tertiary/aromatic N) is 2. The maximum Gasteiger partial charge on any atom is 0.0626 e. The van der Waals surface area contributed by atoms with Crippen molar-refractivity contribution in [1.29, 1.82) is 0 Å². The first kappa shape index (κ1) is 16.6. The van der Waals surface area contributed by atoms with Crippen molar-refractivity contribution in [2.24, 2.45) is 0 Å². The first-order valence-electron chi connectivity index (χ1n) is 10.6. The standard InChI is InChI=1S/C29H18N2/c1-2-8-21-19(7-1)13-14-23-22-9-3-4-10-24(22)29-28(27(21)23)25-11-5-6-12-26(25)31(29)20-15-17-30-18-16-20/h1-18H. The van der Waals surface area contributed by atoms with Gasteiger partial charge in [-0.1, -0.05) is 78.9 Å². The fraction of sp³-hybridized carbons (Fsp3) is 0. The molecule has 0 atom stereocenters. The highest BCUT2D eigenvalue weighted by atomic mass is 15.0. The Kier molecular flexibility index (Phi) is 3.30. The van der Waals surface area contributed by atoms with Crippen molar-refractivity contribution in [2.45, 2.75) is 0 Å². The zero-order chi connectivity index (χ0) is 20.4. The Balaban J connectivity index is 1.90. The summed E-state index contributed by atoms with van der Waals surface area (Å²) in [7, 11) is 0. The van der Waals surface area contributed by atoms with E-state index in [1.807, 2.05) is 12.4 Å². The first-order chi connectivity index (χ1) is 15.4. The molecule has 7 rings (SSSR count). The zero-order valence-corrected chi connectivity index (χ0v) is 16.8. The molecule has 2 heteroatoms. The lowest BCUT2D eigenvalue weighted by Crippen LogP contribution is -1.95. The number of rotatable bonds is 1. The largest absolute Gasteiger partial charge is 0.308 e. The van der Waals surface area contributed by atoms with E-state index in [-0.39, 0.29) is 0 Å². The van der Waals surface area contributed by atoms with Gasteiger partial charge in [0, 0.05) is 39.6 Å². The second-order valence-electron chi connectivity index (χ2n) is 8.04. The minimum absolute atomic E-state index is 1.13. The van der Waals surface area contributed by atoms with Crippen molar-refractivity contribution in [3.05, 3.63) is 109 Å². The van der Waals surface area contributed by atoms with Gasteiger partial charge in [-0.25, -0.2) is 0 Å². The second kappa shape index (κ2) is 6.16. The number of fused-ring (bicyclic) bond motifs is 10. The van der Waals surface area contributed by atoms with Gasteiger partial charge in [0.25, 0.3) is 0 Å². The third-order valence-electron chi connectivity index (χ3n) is 6.45. The van der Waals surface area contributed by atoms with Crippen molar-refractivity contribution < 1.29 is 0 Å². The molecule has 0 fully saturated rings. The molecule has 0 radical (unpaired) electrons. The average molecular weight is 394 g/mol. The number of aromatic nitrogens is 2. The molecule has 31 heavy (non-hydrogen) atoms. The number of hydrogen-bond acceptors (Lipinski definition) is 1. The van der Waals surface area contributed by atoms with Gasteiger partial charge in [0.2, 0.25) is 0 Å². The lowest BCUT2D eigenvalue weighted by atomic mass is 9.93. The Hall–Kier alpha value is -4.17. The smallest absolute Gasteiger partial charge is 0.0626 e. The predicted octanol–water partition coefficient (Wildman–Crippen LogP) is 7.64. The highest BCUT2D eigenvalue weighted by Crippen LogP contribution is 2.44. The molecule has 0 saturated carbocycles. The first-order valence-corrected chi connectivity index (χ1v) is 10.6. The normalized spacial score (nSPS) is 11.9. The van der Waals surface area contributed by atoms with Gasteiger partial charge in [-0.2, -0.15) is 0 Å². The molecule has 144 valence electrons. The monoisotopic (exact) mass is 394 g/mol. The molecule has 5 aromatic carbocycles. The van der Waals surface area contributed by atoms with Crippen molar-refractivity contribution in [1.82, 2.24) is 9.55 Å². The summed E-state index contributed by atoms with van der Waals surface area (Å²) in [5, 5.41) is 10.4. The predicted molar refractivity (Wildman–Crippen MR) is 131 cm³/mol. The van der Waals surface area contributed by atoms with Crippen LogP contribution in [0.1, 0.15) is 0 Å². The summed E-state index contributed by atoms with van der Waals surface area (Å²) >= 11 is 0. The molecule has 2 nitrogen and oxygen atoms in total. The molecule has 0 spiro atoms. The molecule has 0 saturated heterocycles. The Morgan fingerprint density at radius 2 is 1.16 bits per heavy atom. The van der Waals surface area contributed by atoms with E-state index < -0.39 is 0 Å². The summed E-state index contributed by atoms with van der Waals surface area (Å²) in [6.07, 6.45) is 3.74. The van der Waals surface area contributed by atoms with Crippen molar-refractivity contribution in [3.8, 4) is 5.69 Å². The fourth-order valence-electron chi connectivity index (χ4n) is 5.20. The summed E-state index contributed by atoms with van der Waals surface area (Å²) < 4.78 is 2.40. The molecule has 0 aliphatic rings. The topological polar surface area (TPSA) is 17.8 Å². The maximum absolute atomic E-state index is 4.26. The van der Waals surface area contributed by atoms with Crippen LogP contribution in [0.2, 0.25) is 0 Å². The van der Waals surface area contributed by atoms with Crippen LogP contribution in [0.25, 0.3) is 59.8 Å². The third kappa shape index (κ3) is 2.19. The Morgan fingerprint density at radius 1 is 0.484 bits per heavy atom. The van der Waals surface area contributed by atoms with Gasteiger partial charge in [-0.05, 0) is 39.7 Å². The van der Waals surface area contributed by atoms with Crippen LogP contribution in [-0.2, 0) is 0 Å². The molecular formula is C29H18N2. The Bertz CT molecular complexity index is 1780. The molecular weight excluding hydrogens is 376 g/mol. The van der Waals surface area contributed by atoms with Gasteiger partial charge >= 0.3 is 0 Å². The van der Waals surface area contributed by atoms with Crippen LogP contribution in [0.4, 0.5) is 0 Å². The van der Waals surface area contributed by atoms with E-state index in [2.05, 4.69) is 107 Å². The van der Waals surface area contributed by atoms with E-state index >= 15 is 0 Å². The van der Waals surface area contributed by atoms with E-state index in [0.717, 1.165) is 5.69 Å². The SMILES string of the molecule is c1ccc2c(c1)ccc1c3ccccc3c3c(c4ccccc4n3-c3ccncc3)c21. The van der Waals surface area contributed by atoms with Gasteiger partial charge in [0.05, 0.1) is 11.0 Å². The summed E-state index contributed by atoms with van der Waals surface area (Å²) in [6.45, 7) is 0. The van der Waals surface area contributed by atoms with Crippen molar-refractivity contribution in [2.75, 3.05) is 0 Å². The Labute approximate surface area is 179 Å². The molecule has 0 N–H and O–H groups in total. The van der Waals surface area contributed by atoms with Crippen LogP contribution < -0.4 is 0 Å². The van der Waals surface area contributed by atoms with Crippen LogP contribution in [0.3, 0.4) is 0 Å².